The fourth-order valence-electron chi connectivity index (χ4n) is 1.81. The van der Waals surface area contributed by atoms with Crippen LogP contribution in [0.1, 0.15) is 12.5 Å². The van der Waals surface area contributed by atoms with Gasteiger partial charge in [0.2, 0.25) is 0 Å². The highest BCUT2D eigenvalue weighted by atomic mass is 19.4. The highest BCUT2D eigenvalue weighted by Gasteiger charge is 2.35. The molecule has 0 spiro atoms. The number of hydrogen-bond acceptors (Lipinski definition) is 6. The Morgan fingerprint density at radius 2 is 2.14 bits per heavy atom. The van der Waals surface area contributed by atoms with Gasteiger partial charge in [-0.25, -0.2) is 4.79 Å². The molecule has 0 radical (unpaired) electrons. The summed E-state index contributed by atoms with van der Waals surface area (Å²) in [6.45, 7) is 1.48. The zero-order valence-corrected chi connectivity index (χ0v) is 11.0. The van der Waals surface area contributed by atoms with Crippen LogP contribution in [0, 0.1) is 10.1 Å². The first-order valence-corrected chi connectivity index (χ1v) is 5.87. The van der Waals surface area contributed by atoms with Crippen LogP contribution >= 0.6 is 0 Å². The molecule has 0 fully saturated rings. The first-order chi connectivity index (χ1) is 10.2. The third-order valence-corrected chi connectivity index (χ3v) is 2.76. The number of carbonyl (C=O) groups excluding carboxylic acids is 1. The van der Waals surface area contributed by atoms with E-state index in [1.165, 1.54) is 6.92 Å². The van der Waals surface area contributed by atoms with Crippen molar-refractivity contribution in [3.63, 3.8) is 0 Å². The van der Waals surface area contributed by atoms with Crippen LogP contribution in [-0.2, 0) is 10.9 Å². The molecular formula is C11H9F3N4O4. The Morgan fingerprint density at radius 1 is 1.50 bits per heavy atom. The molecule has 0 saturated carbocycles. The number of nitrogens with two attached hydrogens (primary N) is 1. The van der Waals surface area contributed by atoms with Gasteiger partial charge in [0.15, 0.2) is 5.52 Å². The quantitative estimate of drug-likeness (QED) is 0.672. The molecule has 22 heavy (non-hydrogen) atoms. The van der Waals surface area contributed by atoms with Crippen molar-refractivity contribution in [3.05, 3.63) is 27.8 Å². The lowest BCUT2D eigenvalue weighted by Crippen LogP contribution is -2.17. The molecule has 0 aliphatic carbocycles. The fraction of sp³-hybridized carbons (Fsp3) is 0.273. The van der Waals surface area contributed by atoms with E-state index in [0.29, 0.717) is 16.8 Å². The molecular weight excluding hydrogens is 309 g/mol. The van der Waals surface area contributed by atoms with Gasteiger partial charge in [-0.15, -0.1) is 4.68 Å². The predicted octanol–water partition coefficient (Wildman–Crippen LogP) is 2.55. The lowest BCUT2D eigenvalue weighted by atomic mass is 10.1. The van der Waals surface area contributed by atoms with Crippen molar-refractivity contribution in [2.24, 2.45) is 0 Å². The van der Waals surface area contributed by atoms with Gasteiger partial charge in [-0.1, -0.05) is 0 Å². The number of nitro benzene ring substituents is 1. The first kappa shape index (κ1) is 15.5. The number of aromatic nitrogens is 2. The van der Waals surface area contributed by atoms with E-state index in [1.807, 2.05) is 0 Å². The monoisotopic (exact) mass is 318 g/mol. The van der Waals surface area contributed by atoms with E-state index < -0.39 is 39.8 Å². The SMILES string of the molecule is CCOC(=O)n1nc2c([N+](=O)[O-])cc(C(F)(F)F)cc2c1N. The van der Waals surface area contributed by atoms with E-state index in [-0.39, 0.29) is 12.0 Å². The fourth-order valence-corrected chi connectivity index (χ4v) is 1.81. The number of rotatable bonds is 2. The van der Waals surface area contributed by atoms with Crippen molar-refractivity contribution in [2.75, 3.05) is 12.3 Å². The van der Waals surface area contributed by atoms with E-state index in [0.717, 1.165) is 0 Å². The summed E-state index contributed by atoms with van der Waals surface area (Å²) in [5.41, 5.74) is 2.97. The minimum Gasteiger partial charge on any atom is -0.448 e. The summed E-state index contributed by atoms with van der Waals surface area (Å²) in [5.74, 6) is -0.470. The number of benzene rings is 1. The van der Waals surface area contributed by atoms with Crippen molar-refractivity contribution in [3.8, 4) is 0 Å². The van der Waals surface area contributed by atoms with Crippen LogP contribution < -0.4 is 5.73 Å². The summed E-state index contributed by atoms with van der Waals surface area (Å²) in [6.07, 6.45) is -5.85. The largest absolute Gasteiger partial charge is 0.448 e. The average molecular weight is 318 g/mol. The number of carbonyl (C=O) groups is 1. The van der Waals surface area contributed by atoms with Crippen LogP contribution in [0.3, 0.4) is 0 Å². The minimum absolute atomic E-state index is 0.0234. The molecule has 8 nitrogen and oxygen atoms in total. The highest BCUT2D eigenvalue weighted by molar-refractivity contribution is 5.98. The first-order valence-electron chi connectivity index (χ1n) is 5.87. The third-order valence-electron chi connectivity index (χ3n) is 2.76. The molecule has 2 N–H and O–H groups in total. The minimum atomic E-state index is -4.81. The van der Waals surface area contributed by atoms with E-state index in [2.05, 4.69) is 9.84 Å². The smallest absolute Gasteiger partial charge is 0.436 e. The Morgan fingerprint density at radius 3 is 2.64 bits per heavy atom. The molecule has 0 aliphatic heterocycles. The molecule has 0 atom stereocenters. The topological polar surface area (TPSA) is 113 Å². The Bertz CT molecular complexity index is 769. The number of fused-ring (bicyclic) bond motifs is 1. The lowest BCUT2D eigenvalue weighted by molar-refractivity contribution is -0.383. The van der Waals surface area contributed by atoms with E-state index in [9.17, 15) is 28.1 Å². The Labute approximate surface area is 120 Å². The van der Waals surface area contributed by atoms with Crippen LogP contribution in [-0.4, -0.2) is 27.4 Å². The standard InChI is InChI=1S/C11H9F3N4O4/c1-2-22-10(19)17-9(15)6-3-5(11(12,13)14)4-7(18(20)21)8(6)16-17/h3-4H,2,15H2,1H3. The zero-order valence-electron chi connectivity index (χ0n) is 11.0. The van der Waals surface area contributed by atoms with E-state index in [1.54, 1.807) is 0 Å². The number of anilines is 1. The number of nitrogen functional groups attached to an aromatic ring is 1. The van der Waals surface area contributed by atoms with Crippen LogP contribution in [0.2, 0.25) is 0 Å². The van der Waals surface area contributed by atoms with Gasteiger partial charge in [-0.2, -0.15) is 18.3 Å². The highest BCUT2D eigenvalue weighted by Crippen LogP contribution is 2.37. The molecule has 2 rings (SSSR count). The molecule has 1 heterocycles. The zero-order chi connectivity index (χ0) is 16.7. The van der Waals surface area contributed by atoms with E-state index >= 15 is 0 Å². The summed E-state index contributed by atoms with van der Waals surface area (Å²) in [6, 6.07) is 0.935. The predicted molar refractivity (Wildman–Crippen MR) is 68.2 cm³/mol. The molecule has 1 aromatic heterocycles. The van der Waals surface area contributed by atoms with Crippen LogP contribution in [0.25, 0.3) is 10.9 Å². The summed E-state index contributed by atoms with van der Waals surface area (Å²) in [4.78, 5) is 21.5. The van der Waals surface area contributed by atoms with Gasteiger partial charge in [-0.05, 0) is 13.0 Å². The second-order valence-electron chi connectivity index (χ2n) is 4.14. The van der Waals surface area contributed by atoms with Crippen LogP contribution in [0.5, 0.6) is 0 Å². The van der Waals surface area contributed by atoms with Gasteiger partial charge >= 0.3 is 12.3 Å². The molecule has 0 aliphatic rings. The maximum atomic E-state index is 12.8. The molecule has 11 heteroatoms. The second-order valence-corrected chi connectivity index (χ2v) is 4.14. The van der Waals surface area contributed by atoms with Crippen molar-refractivity contribution in [2.45, 2.75) is 13.1 Å². The third kappa shape index (κ3) is 2.52. The van der Waals surface area contributed by atoms with Gasteiger partial charge in [0, 0.05) is 6.07 Å². The lowest BCUT2D eigenvalue weighted by Gasteiger charge is -2.06. The van der Waals surface area contributed by atoms with Gasteiger partial charge < -0.3 is 10.5 Å². The molecule has 0 bridgehead atoms. The maximum Gasteiger partial charge on any atom is 0.436 e. The van der Waals surface area contributed by atoms with Crippen molar-refractivity contribution >= 4 is 28.5 Å². The summed E-state index contributed by atoms with van der Waals surface area (Å²) < 4.78 is 43.5. The average Bonchev–Trinajstić information content (AvgIpc) is 2.74. The normalized spacial score (nSPS) is 11.6. The summed E-state index contributed by atoms with van der Waals surface area (Å²) in [5, 5.41) is 14.2. The molecule has 0 unspecified atom stereocenters. The van der Waals surface area contributed by atoms with Gasteiger partial charge in [0.25, 0.3) is 5.69 Å². The van der Waals surface area contributed by atoms with Crippen molar-refractivity contribution < 1.29 is 27.6 Å². The van der Waals surface area contributed by atoms with Crippen molar-refractivity contribution in [1.82, 2.24) is 9.78 Å². The summed E-state index contributed by atoms with van der Waals surface area (Å²) in [7, 11) is 0. The number of hydrogen-bond donors (Lipinski definition) is 1. The molecule has 0 amide bonds. The second kappa shape index (κ2) is 5.16. The molecule has 0 saturated heterocycles. The molecule has 2 aromatic rings. The van der Waals surface area contributed by atoms with Gasteiger partial charge in [0.1, 0.15) is 5.82 Å². The number of non-ortho nitro benzene ring substituents is 1. The number of nitro groups is 1. The van der Waals surface area contributed by atoms with Crippen molar-refractivity contribution in [1.29, 1.82) is 0 Å². The van der Waals surface area contributed by atoms with Crippen LogP contribution in [0.15, 0.2) is 12.1 Å². The Hall–Kier alpha value is -2.85. The van der Waals surface area contributed by atoms with Gasteiger partial charge in [-0.3, -0.25) is 10.1 Å². The Balaban J connectivity index is 2.78. The number of ether oxygens (including phenoxy) is 1. The maximum absolute atomic E-state index is 12.8. The van der Waals surface area contributed by atoms with Crippen LogP contribution in [0.4, 0.5) is 29.5 Å². The molecule has 118 valence electrons. The Kier molecular flexibility index (Phi) is 3.65. The number of halogens is 3. The number of nitrogens with zero attached hydrogens (tertiary/aromatic N) is 3. The summed E-state index contributed by atoms with van der Waals surface area (Å²) >= 11 is 0. The van der Waals surface area contributed by atoms with E-state index in [4.69, 9.17) is 5.73 Å². The van der Waals surface area contributed by atoms with Gasteiger partial charge in [0.05, 0.1) is 22.5 Å². The number of alkyl halides is 3. The molecule has 1 aromatic carbocycles.